The second-order valence-electron chi connectivity index (χ2n) is 5.02. The number of nitrogens with zero attached hydrogens (tertiary/aromatic N) is 1. The van der Waals surface area contributed by atoms with Crippen LogP contribution in [0.1, 0.15) is 23.6 Å². The smallest absolute Gasteiger partial charge is 0.416 e. The van der Waals surface area contributed by atoms with Crippen molar-refractivity contribution in [3.8, 4) is 5.75 Å². The van der Waals surface area contributed by atoms with E-state index >= 15 is 0 Å². The zero-order chi connectivity index (χ0) is 17.7. The van der Waals surface area contributed by atoms with Gasteiger partial charge in [0.25, 0.3) is 0 Å². The number of ether oxygens (including phenoxy) is 1. The minimum absolute atomic E-state index is 0.0308. The van der Waals surface area contributed by atoms with Crippen molar-refractivity contribution in [3.63, 3.8) is 0 Å². The molecule has 0 aromatic heterocycles. The van der Waals surface area contributed by atoms with Gasteiger partial charge in [0.2, 0.25) is 0 Å². The van der Waals surface area contributed by atoms with Gasteiger partial charge in [0, 0.05) is 12.5 Å². The number of benzene rings is 2. The Bertz CT molecular complexity index is 752. The van der Waals surface area contributed by atoms with Crippen molar-refractivity contribution in [2.45, 2.75) is 19.7 Å². The van der Waals surface area contributed by atoms with Crippen LogP contribution in [0.3, 0.4) is 0 Å². The number of alkyl halides is 3. The van der Waals surface area contributed by atoms with Crippen LogP contribution in [0.5, 0.6) is 5.75 Å². The molecule has 0 bridgehead atoms. The lowest BCUT2D eigenvalue weighted by atomic mass is 10.1. The summed E-state index contributed by atoms with van der Waals surface area (Å²) >= 11 is 0. The van der Waals surface area contributed by atoms with Crippen molar-refractivity contribution < 1.29 is 27.9 Å². The summed E-state index contributed by atoms with van der Waals surface area (Å²) in [5, 5.41) is 11.7. The normalized spacial score (nSPS) is 12.1. The molecule has 0 unspecified atom stereocenters. The molecule has 0 aliphatic carbocycles. The lowest BCUT2D eigenvalue weighted by molar-refractivity contribution is -0.137. The van der Waals surface area contributed by atoms with Gasteiger partial charge >= 0.3 is 6.18 Å². The third-order valence-electron chi connectivity index (χ3n) is 3.22. The van der Waals surface area contributed by atoms with Gasteiger partial charge in [0.1, 0.15) is 12.4 Å². The topological polar surface area (TPSA) is 58.9 Å². The Labute approximate surface area is 136 Å². The maximum Gasteiger partial charge on any atom is 0.416 e. The number of carbonyl (C=O) groups is 1. The molecule has 126 valence electrons. The molecule has 0 saturated carbocycles. The highest BCUT2D eigenvalue weighted by atomic mass is 19.4. The second-order valence-corrected chi connectivity index (χ2v) is 5.02. The zero-order valence-corrected chi connectivity index (χ0v) is 12.7. The molecule has 0 radical (unpaired) electrons. The summed E-state index contributed by atoms with van der Waals surface area (Å²) < 4.78 is 43.4. The summed E-state index contributed by atoms with van der Waals surface area (Å²) in [5.41, 5.74) is -0.0182. The first-order valence-corrected chi connectivity index (χ1v) is 6.93. The lowest BCUT2D eigenvalue weighted by Crippen LogP contribution is -2.11. The van der Waals surface area contributed by atoms with Gasteiger partial charge in [0.05, 0.1) is 5.56 Å². The van der Waals surface area contributed by atoms with E-state index in [-0.39, 0.29) is 12.3 Å². The van der Waals surface area contributed by atoms with Crippen LogP contribution < -0.4 is 4.74 Å². The van der Waals surface area contributed by atoms with E-state index in [1.54, 1.807) is 0 Å². The molecule has 2 aromatic rings. The van der Waals surface area contributed by atoms with Crippen LogP contribution in [-0.2, 0) is 17.6 Å². The quantitative estimate of drug-likeness (QED) is 0.509. The molecule has 0 spiro atoms. The zero-order valence-electron chi connectivity index (χ0n) is 12.7. The molecule has 1 N–H and O–H groups in total. The molecule has 0 aliphatic rings. The van der Waals surface area contributed by atoms with Gasteiger partial charge in [-0.1, -0.05) is 17.3 Å². The Morgan fingerprint density at radius 2 is 1.83 bits per heavy atom. The fraction of sp³-hybridized carbons (Fsp3) is 0.176. The first-order valence-electron chi connectivity index (χ1n) is 6.93. The van der Waals surface area contributed by atoms with E-state index in [1.807, 2.05) is 0 Å². The Morgan fingerprint density at radius 1 is 1.17 bits per heavy atom. The molecule has 2 aromatic carbocycles. The molecular formula is C17H14F3NO3. The third-order valence-corrected chi connectivity index (χ3v) is 3.22. The van der Waals surface area contributed by atoms with Gasteiger partial charge < -0.3 is 9.94 Å². The van der Waals surface area contributed by atoms with E-state index < -0.39 is 17.5 Å². The number of halogens is 3. The number of oxime groups is 1. The first-order chi connectivity index (χ1) is 11.3. The predicted molar refractivity (Wildman–Crippen MR) is 81.2 cm³/mol. The summed E-state index contributed by atoms with van der Waals surface area (Å²) in [4.78, 5) is 11.3. The Kier molecular flexibility index (Phi) is 5.23. The van der Waals surface area contributed by atoms with Crippen LogP contribution in [0.15, 0.2) is 53.7 Å². The standard InChI is InChI=1S/C17H14F3NO3/c1-11(22)16(21-23)13-5-7-15(8-6-13)24-10-12-3-2-4-14(9-12)17(18,19)20/h2-9,23H,10H2,1H3. The highest BCUT2D eigenvalue weighted by Crippen LogP contribution is 2.29. The average molecular weight is 337 g/mol. The third kappa shape index (κ3) is 4.34. The van der Waals surface area contributed by atoms with Crippen molar-refractivity contribution in [1.29, 1.82) is 0 Å². The van der Waals surface area contributed by atoms with Gasteiger partial charge in [-0.3, -0.25) is 4.79 Å². The molecule has 0 heterocycles. The molecule has 24 heavy (non-hydrogen) atoms. The maximum atomic E-state index is 12.7. The number of hydrogen-bond donors (Lipinski definition) is 1. The van der Waals surface area contributed by atoms with Crippen LogP contribution in [0.2, 0.25) is 0 Å². The molecule has 0 atom stereocenters. The van der Waals surface area contributed by atoms with Gasteiger partial charge in [-0.05, 0) is 42.0 Å². The van der Waals surface area contributed by atoms with Gasteiger partial charge in [-0.25, -0.2) is 0 Å². The summed E-state index contributed by atoms with van der Waals surface area (Å²) in [6.45, 7) is 1.24. The van der Waals surface area contributed by atoms with Crippen LogP contribution in [0.25, 0.3) is 0 Å². The molecule has 7 heteroatoms. The van der Waals surface area contributed by atoms with Crippen molar-refractivity contribution in [1.82, 2.24) is 0 Å². The van der Waals surface area contributed by atoms with Crippen molar-refractivity contribution in [2.24, 2.45) is 5.16 Å². The molecule has 0 aliphatic heterocycles. The first kappa shape index (κ1) is 17.5. The van der Waals surface area contributed by atoms with E-state index in [4.69, 9.17) is 9.94 Å². The second kappa shape index (κ2) is 7.16. The van der Waals surface area contributed by atoms with Crippen molar-refractivity contribution >= 4 is 11.5 Å². The van der Waals surface area contributed by atoms with E-state index in [0.29, 0.717) is 16.9 Å². The summed E-state index contributed by atoms with van der Waals surface area (Å²) in [6, 6.07) is 11.0. The van der Waals surface area contributed by atoms with E-state index in [2.05, 4.69) is 5.16 Å². The van der Waals surface area contributed by atoms with Gasteiger partial charge in [-0.15, -0.1) is 0 Å². The van der Waals surface area contributed by atoms with Crippen LogP contribution in [0.4, 0.5) is 13.2 Å². The fourth-order valence-corrected chi connectivity index (χ4v) is 2.04. The largest absolute Gasteiger partial charge is 0.489 e. The molecule has 4 nitrogen and oxygen atoms in total. The molecule has 2 rings (SSSR count). The Hall–Kier alpha value is -2.83. The summed E-state index contributed by atoms with van der Waals surface area (Å²) in [6.07, 6.45) is -4.40. The summed E-state index contributed by atoms with van der Waals surface area (Å²) in [5.74, 6) is 0.0205. The fourth-order valence-electron chi connectivity index (χ4n) is 2.04. The van der Waals surface area contributed by atoms with E-state index in [1.165, 1.54) is 43.3 Å². The highest BCUT2D eigenvalue weighted by molar-refractivity contribution is 6.45. The monoisotopic (exact) mass is 337 g/mol. The van der Waals surface area contributed by atoms with E-state index in [0.717, 1.165) is 12.1 Å². The van der Waals surface area contributed by atoms with Crippen molar-refractivity contribution in [2.75, 3.05) is 0 Å². The number of ketones is 1. The molecule has 0 saturated heterocycles. The van der Waals surface area contributed by atoms with Crippen LogP contribution in [0, 0.1) is 0 Å². The Balaban J connectivity index is 2.07. The minimum Gasteiger partial charge on any atom is -0.489 e. The van der Waals surface area contributed by atoms with Crippen LogP contribution >= 0.6 is 0 Å². The number of carbonyl (C=O) groups excluding carboxylic acids is 1. The molecule has 0 fully saturated rings. The number of hydrogen-bond acceptors (Lipinski definition) is 4. The van der Waals surface area contributed by atoms with Gasteiger partial charge in [-0.2, -0.15) is 13.2 Å². The van der Waals surface area contributed by atoms with Crippen LogP contribution in [-0.4, -0.2) is 16.7 Å². The van der Waals surface area contributed by atoms with E-state index in [9.17, 15) is 18.0 Å². The maximum absolute atomic E-state index is 12.7. The SMILES string of the molecule is CC(=O)C(=NO)c1ccc(OCc2cccc(C(F)(F)F)c2)cc1. The number of Topliss-reactive ketones (excluding diaryl/α,β-unsaturated/α-hetero) is 1. The summed E-state index contributed by atoms with van der Waals surface area (Å²) in [7, 11) is 0. The Morgan fingerprint density at radius 3 is 2.38 bits per heavy atom. The average Bonchev–Trinajstić information content (AvgIpc) is 2.54. The highest BCUT2D eigenvalue weighted by Gasteiger charge is 2.30. The number of rotatable bonds is 5. The van der Waals surface area contributed by atoms with Gasteiger partial charge in [0.15, 0.2) is 11.5 Å². The van der Waals surface area contributed by atoms with Crippen molar-refractivity contribution in [3.05, 3.63) is 65.2 Å². The lowest BCUT2D eigenvalue weighted by Gasteiger charge is -2.10. The minimum atomic E-state index is -4.40. The molecule has 0 amide bonds. The predicted octanol–water partition coefficient (Wildman–Crippen LogP) is 4.05. The molecular weight excluding hydrogens is 323 g/mol.